The van der Waals surface area contributed by atoms with Crippen LogP contribution in [0.15, 0.2) is 79.0 Å². The van der Waals surface area contributed by atoms with Crippen molar-refractivity contribution in [1.29, 1.82) is 0 Å². The van der Waals surface area contributed by atoms with Crippen molar-refractivity contribution in [3.05, 3.63) is 95.8 Å². The monoisotopic (exact) mass is 420 g/mol. The Hall–Kier alpha value is -3.54. The van der Waals surface area contributed by atoms with Crippen LogP contribution in [0.4, 0.5) is 13.2 Å². The molecule has 6 heteroatoms. The molecule has 31 heavy (non-hydrogen) atoms. The molecule has 0 fully saturated rings. The zero-order valence-electron chi connectivity index (χ0n) is 16.6. The molecule has 0 radical (unpaired) electrons. The molecule has 0 N–H and O–H groups in total. The van der Waals surface area contributed by atoms with E-state index in [0.29, 0.717) is 18.7 Å². The first-order valence-electron chi connectivity index (χ1n) is 10.0. The Kier molecular flexibility index (Phi) is 4.77. The van der Waals surface area contributed by atoms with Crippen molar-refractivity contribution in [3.8, 4) is 28.3 Å². The zero-order valence-corrected chi connectivity index (χ0v) is 16.6. The topological polar surface area (TPSA) is 27.1 Å². The van der Waals surface area contributed by atoms with Gasteiger partial charge in [-0.3, -0.25) is 0 Å². The lowest BCUT2D eigenvalue weighted by atomic mass is 10.0. The number of hydrogen-bond donors (Lipinski definition) is 0. The third-order valence-corrected chi connectivity index (χ3v) is 5.50. The Bertz CT molecular complexity index is 1210. The Balaban J connectivity index is 1.52. The van der Waals surface area contributed by atoms with Gasteiger partial charge in [-0.25, -0.2) is 4.98 Å². The summed E-state index contributed by atoms with van der Waals surface area (Å²) in [4.78, 5) is 4.67. The van der Waals surface area contributed by atoms with Crippen LogP contribution in [-0.2, 0) is 19.1 Å². The van der Waals surface area contributed by atoms with E-state index in [2.05, 4.69) is 21.7 Å². The molecule has 2 heterocycles. The van der Waals surface area contributed by atoms with E-state index in [1.165, 1.54) is 17.7 Å². The quantitative estimate of drug-likeness (QED) is 0.393. The van der Waals surface area contributed by atoms with Gasteiger partial charge in [-0.2, -0.15) is 13.2 Å². The molecule has 0 spiro atoms. The molecule has 5 rings (SSSR count). The number of alkyl halides is 3. The van der Waals surface area contributed by atoms with Crippen LogP contribution in [0.3, 0.4) is 0 Å². The normalized spacial score (nSPS) is 13.1. The summed E-state index contributed by atoms with van der Waals surface area (Å²) in [7, 11) is 0. The molecule has 0 bridgehead atoms. The van der Waals surface area contributed by atoms with Crippen LogP contribution < -0.4 is 4.74 Å². The van der Waals surface area contributed by atoms with Gasteiger partial charge in [0.1, 0.15) is 18.2 Å². The first-order valence-corrected chi connectivity index (χ1v) is 10.0. The van der Waals surface area contributed by atoms with E-state index in [9.17, 15) is 13.2 Å². The van der Waals surface area contributed by atoms with Crippen LogP contribution in [0, 0.1) is 0 Å². The second-order valence-corrected chi connectivity index (χ2v) is 7.52. The van der Waals surface area contributed by atoms with E-state index in [-0.39, 0.29) is 0 Å². The number of halogens is 3. The first kappa shape index (κ1) is 19.4. The van der Waals surface area contributed by atoms with Gasteiger partial charge in [-0.05, 0) is 41.0 Å². The van der Waals surface area contributed by atoms with Gasteiger partial charge >= 0.3 is 6.18 Å². The van der Waals surface area contributed by atoms with Gasteiger partial charge in [0.05, 0.1) is 17.7 Å². The molecular formula is C25H19F3N2O. The van der Waals surface area contributed by atoms with Crippen LogP contribution in [0.1, 0.15) is 16.8 Å². The summed E-state index contributed by atoms with van der Waals surface area (Å²) < 4.78 is 46.8. The third-order valence-electron chi connectivity index (χ3n) is 5.50. The molecule has 1 aliphatic rings. The number of nitrogens with zero attached hydrogens (tertiary/aromatic N) is 2. The van der Waals surface area contributed by atoms with E-state index in [4.69, 9.17) is 4.74 Å². The number of ether oxygens (including phenoxy) is 1. The number of hydrogen-bond acceptors (Lipinski definition) is 2. The summed E-state index contributed by atoms with van der Waals surface area (Å²) >= 11 is 0. The molecule has 156 valence electrons. The summed E-state index contributed by atoms with van der Waals surface area (Å²) in [6.45, 7) is 1.21. The highest BCUT2D eigenvalue weighted by atomic mass is 19.4. The van der Waals surface area contributed by atoms with Crippen molar-refractivity contribution < 1.29 is 17.9 Å². The van der Waals surface area contributed by atoms with Crippen LogP contribution in [0.5, 0.6) is 5.75 Å². The van der Waals surface area contributed by atoms with Crippen LogP contribution in [-0.4, -0.2) is 16.2 Å². The Morgan fingerprint density at radius 3 is 2.39 bits per heavy atom. The molecular weight excluding hydrogens is 401 g/mol. The van der Waals surface area contributed by atoms with Gasteiger partial charge in [-0.1, -0.05) is 48.5 Å². The molecule has 0 amide bonds. The molecule has 0 atom stereocenters. The fourth-order valence-corrected chi connectivity index (χ4v) is 3.93. The number of imidazole rings is 1. The average molecular weight is 420 g/mol. The number of fused-ring (bicyclic) bond motifs is 3. The summed E-state index contributed by atoms with van der Waals surface area (Å²) in [6, 6.07) is 21.1. The van der Waals surface area contributed by atoms with Crippen LogP contribution >= 0.6 is 0 Å². The highest BCUT2D eigenvalue weighted by molar-refractivity contribution is 5.75. The average Bonchev–Trinajstić information content (AvgIpc) is 3.06. The summed E-state index contributed by atoms with van der Waals surface area (Å²) in [6.07, 6.45) is -1.69. The molecule has 0 saturated heterocycles. The highest BCUT2D eigenvalue weighted by Crippen LogP contribution is 2.37. The van der Waals surface area contributed by atoms with Crippen molar-refractivity contribution in [3.63, 3.8) is 0 Å². The number of benzene rings is 3. The fraction of sp³-hybridized carbons (Fsp3) is 0.160. The van der Waals surface area contributed by atoms with E-state index < -0.39 is 11.7 Å². The van der Waals surface area contributed by atoms with Crippen LogP contribution in [0.25, 0.3) is 22.5 Å². The zero-order chi connectivity index (χ0) is 21.4. The lowest BCUT2D eigenvalue weighted by molar-refractivity contribution is -0.137. The minimum absolute atomic E-state index is 0.526. The highest BCUT2D eigenvalue weighted by Gasteiger charge is 2.30. The molecule has 3 aromatic carbocycles. The van der Waals surface area contributed by atoms with Gasteiger partial charge in [0.25, 0.3) is 0 Å². The second kappa shape index (κ2) is 7.61. The number of aromatic nitrogens is 2. The SMILES string of the molecule is FC(F)(F)c1ccc(-c2ccc3c(c2)-c2ncc(Cc4ccccc4)n2CCO3)cc1. The van der Waals surface area contributed by atoms with Crippen molar-refractivity contribution in [2.75, 3.05) is 6.61 Å². The fourth-order valence-electron chi connectivity index (χ4n) is 3.93. The van der Waals surface area contributed by atoms with E-state index in [1.54, 1.807) is 0 Å². The maximum absolute atomic E-state index is 12.9. The molecule has 0 saturated carbocycles. The minimum atomic E-state index is -4.35. The van der Waals surface area contributed by atoms with Gasteiger partial charge in [0.2, 0.25) is 0 Å². The van der Waals surface area contributed by atoms with Gasteiger partial charge in [0.15, 0.2) is 0 Å². The molecule has 3 nitrogen and oxygen atoms in total. The third kappa shape index (κ3) is 3.81. The van der Waals surface area contributed by atoms with Gasteiger partial charge in [-0.15, -0.1) is 0 Å². The van der Waals surface area contributed by atoms with E-state index in [1.807, 2.05) is 42.6 Å². The van der Waals surface area contributed by atoms with E-state index in [0.717, 1.165) is 46.9 Å². The van der Waals surface area contributed by atoms with Crippen LogP contribution in [0.2, 0.25) is 0 Å². The van der Waals surface area contributed by atoms with Gasteiger partial charge in [0, 0.05) is 18.3 Å². The Labute approximate surface area is 177 Å². The Morgan fingerprint density at radius 2 is 1.65 bits per heavy atom. The largest absolute Gasteiger partial charge is 0.491 e. The smallest absolute Gasteiger partial charge is 0.416 e. The minimum Gasteiger partial charge on any atom is -0.491 e. The summed E-state index contributed by atoms with van der Waals surface area (Å²) in [5, 5.41) is 0. The van der Waals surface area contributed by atoms with E-state index >= 15 is 0 Å². The Morgan fingerprint density at radius 1 is 0.903 bits per heavy atom. The molecule has 4 aromatic rings. The van der Waals surface area contributed by atoms with Crippen molar-refractivity contribution >= 4 is 0 Å². The molecule has 1 aliphatic heterocycles. The molecule has 0 aliphatic carbocycles. The first-order chi connectivity index (χ1) is 15.0. The lowest BCUT2D eigenvalue weighted by Crippen LogP contribution is -2.09. The van der Waals surface area contributed by atoms with Gasteiger partial charge < -0.3 is 9.30 Å². The standard InChI is InChI=1S/C25H19F3N2O/c26-25(27,28)20-9-6-18(7-10-20)19-8-11-23-22(15-19)24-29-16-21(30(24)12-13-31-23)14-17-4-2-1-3-5-17/h1-11,15-16H,12-14H2. The second-order valence-electron chi connectivity index (χ2n) is 7.52. The summed E-state index contributed by atoms with van der Waals surface area (Å²) in [5.41, 5.74) is 4.01. The molecule has 1 aromatic heterocycles. The predicted octanol–water partition coefficient (Wildman–Crippen LogP) is 6.22. The predicted molar refractivity (Wildman–Crippen MR) is 113 cm³/mol. The lowest BCUT2D eigenvalue weighted by Gasteiger charge is -2.11. The number of rotatable bonds is 3. The van der Waals surface area contributed by atoms with Crippen molar-refractivity contribution in [2.45, 2.75) is 19.1 Å². The summed E-state index contributed by atoms with van der Waals surface area (Å²) in [5.74, 6) is 1.54. The molecule has 0 unspecified atom stereocenters. The van der Waals surface area contributed by atoms with Crippen molar-refractivity contribution in [2.24, 2.45) is 0 Å². The maximum Gasteiger partial charge on any atom is 0.416 e. The van der Waals surface area contributed by atoms with Crippen molar-refractivity contribution in [1.82, 2.24) is 9.55 Å². The maximum atomic E-state index is 12.9.